The van der Waals surface area contributed by atoms with Crippen LogP contribution < -0.4 is 5.32 Å². The van der Waals surface area contributed by atoms with Crippen molar-refractivity contribution in [3.8, 4) is 6.07 Å². The van der Waals surface area contributed by atoms with Crippen molar-refractivity contribution in [1.29, 1.82) is 5.26 Å². The molecule has 1 fully saturated rings. The van der Waals surface area contributed by atoms with E-state index in [0.29, 0.717) is 0 Å². The molecule has 12 heavy (non-hydrogen) atoms. The summed E-state index contributed by atoms with van der Waals surface area (Å²) in [5.74, 6) is -0.319. The zero-order chi connectivity index (χ0) is 9.35. The standard InChI is InChI=1S/C9H12N2O/c1-4-7-9(3,5-10)6(2)8(12)11-7/h4,6H,1-3H3,(H,11,12)/b7-4-. The number of nitrogens with zero attached hydrogens (tertiary/aromatic N) is 1. The van der Waals surface area contributed by atoms with Crippen molar-refractivity contribution in [1.82, 2.24) is 5.32 Å². The number of nitriles is 1. The first kappa shape index (κ1) is 8.79. The van der Waals surface area contributed by atoms with Gasteiger partial charge in [0, 0.05) is 5.70 Å². The van der Waals surface area contributed by atoms with Crippen molar-refractivity contribution < 1.29 is 4.79 Å². The van der Waals surface area contributed by atoms with Gasteiger partial charge in [-0.05, 0) is 13.8 Å². The summed E-state index contributed by atoms with van der Waals surface area (Å²) in [7, 11) is 0. The van der Waals surface area contributed by atoms with Crippen LogP contribution in [0.2, 0.25) is 0 Å². The minimum Gasteiger partial charge on any atom is -0.328 e. The molecule has 1 aliphatic heterocycles. The fourth-order valence-corrected chi connectivity index (χ4v) is 1.40. The van der Waals surface area contributed by atoms with Gasteiger partial charge in [-0.2, -0.15) is 5.26 Å². The van der Waals surface area contributed by atoms with Crippen molar-refractivity contribution in [2.75, 3.05) is 0 Å². The lowest BCUT2D eigenvalue weighted by atomic mass is 9.80. The third kappa shape index (κ3) is 0.918. The summed E-state index contributed by atoms with van der Waals surface area (Å²) in [6.45, 7) is 5.38. The smallest absolute Gasteiger partial charge is 0.229 e. The summed E-state index contributed by atoms with van der Waals surface area (Å²) in [5.41, 5.74) is 0.0637. The second-order valence-corrected chi connectivity index (χ2v) is 3.23. The highest BCUT2D eigenvalue weighted by atomic mass is 16.2. The molecule has 2 atom stereocenters. The van der Waals surface area contributed by atoms with Gasteiger partial charge in [0.2, 0.25) is 5.91 Å². The van der Waals surface area contributed by atoms with Gasteiger partial charge >= 0.3 is 0 Å². The van der Waals surface area contributed by atoms with Crippen LogP contribution >= 0.6 is 0 Å². The Morgan fingerprint density at radius 1 is 1.75 bits per heavy atom. The van der Waals surface area contributed by atoms with E-state index in [1.807, 2.05) is 6.92 Å². The number of amides is 1. The molecule has 1 saturated heterocycles. The highest BCUT2D eigenvalue weighted by Gasteiger charge is 2.45. The number of carbonyl (C=O) groups is 1. The van der Waals surface area contributed by atoms with Crippen molar-refractivity contribution in [3.05, 3.63) is 11.8 Å². The molecule has 0 aromatic heterocycles. The normalized spacial score (nSPS) is 38.0. The third-order valence-electron chi connectivity index (χ3n) is 2.60. The van der Waals surface area contributed by atoms with E-state index in [-0.39, 0.29) is 11.8 Å². The first-order valence-corrected chi connectivity index (χ1v) is 3.95. The molecule has 3 nitrogen and oxygen atoms in total. The van der Waals surface area contributed by atoms with Crippen molar-refractivity contribution in [3.63, 3.8) is 0 Å². The maximum absolute atomic E-state index is 11.2. The predicted molar refractivity (Wildman–Crippen MR) is 44.8 cm³/mol. The average molecular weight is 164 g/mol. The van der Waals surface area contributed by atoms with Crippen LogP contribution in [0.4, 0.5) is 0 Å². The molecular formula is C9H12N2O. The molecule has 0 bridgehead atoms. The first-order valence-electron chi connectivity index (χ1n) is 3.95. The minimum absolute atomic E-state index is 0.0628. The molecule has 2 unspecified atom stereocenters. The third-order valence-corrected chi connectivity index (χ3v) is 2.60. The maximum atomic E-state index is 11.2. The van der Waals surface area contributed by atoms with E-state index >= 15 is 0 Å². The molecule has 0 radical (unpaired) electrons. The summed E-state index contributed by atoms with van der Waals surface area (Å²) >= 11 is 0. The van der Waals surface area contributed by atoms with Crippen LogP contribution in [0.5, 0.6) is 0 Å². The highest BCUT2D eigenvalue weighted by molar-refractivity contribution is 5.86. The van der Waals surface area contributed by atoms with Gasteiger partial charge in [-0.1, -0.05) is 13.0 Å². The van der Waals surface area contributed by atoms with Gasteiger partial charge < -0.3 is 5.32 Å². The Kier molecular flexibility index (Phi) is 1.93. The van der Waals surface area contributed by atoms with Gasteiger partial charge in [0.1, 0.15) is 5.41 Å². The van der Waals surface area contributed by atoms with Gasteiger partial charge in [0.15, 0.2) is 0 Å². The number of hydrogen-bond acceptors (Lipinski definition) is 2. The molecule has 0 spiro atoms. The van der Waals surface area contributed by atoms with Crippen molar-refractivity contribution in [2.45, 2.75) is 20.8 Å². The zero-order valence-corrected chi connectivity index (χ0v) is 7.51. The number of hydrogen-bond donors (Lipinski definition) is 1. The quantitative estimate of drug-likeness (QED) is 0.584. The van der Waals surface area contributed by atoms with E-state index in [1.54, 1.807) is 19.9 Å². The van der Waals surface area contributed by atoms with E-state index in [2.05, 4.69) is 11.4 Å². The minimum atomic E-state index is -0.661. The van der Waals surface area contributed by atoms with E-state index in [1.165, 1.54) is 0 Å². The number of nitrogens with one attached hydrogen (secondary N) is 1. The molecule has 1 rings (SSSR count). The molecule has 0 saturated carbocycles. The summed E-state index contributed by atoms with van der Waals surface area (Å²) < 4.78 is 0. The fraction of sp³-hybridized carbons (Fsp3) is 0.556. The molecule has 1 amide bonds. The highest BCUT2D eigenvalue weighted by Crippen LogP contribution is 2.38. The Bertz CT molecular complexity index is 287. The van der Waals surface area contributed by atoms with Gasteiger partial charge in [-0.3, -0.25) is 4.79 Å². The Balaban J connectivity index is 3.15. The Morgan fingerprint density at radius 3 is 2.67 bits per heavy atom. The van der Waals surface area contributed by atoms with Gasteiger partial charge in [-0.25, -0.2) is 0 Å². The van der Waals surface area contributed by atoms with E-state index in [4.69, 9.17) is 5.26 Å². The Hall–Kier alpha value is -1.30. The summed E-state index contributed by atoms with van der Waals surface area (Å²) in [6.07, 6.45) is 1.78. The molecule has 1 heterocycles. The molecule has 0 aromatic carbocycles. The molecule has 0 aliphatic carbocycles. The van der Waals surface area contributed by atoms with Crippen LogP contribution in [0.3, 0.4) is 0 Å². The molecule has 64 valence electrons. The van der Waals surface area contributed by atoms with Crippen LogP contribution in [0, 0.1) is 22.7 Å². The van der Waals surface area contributed by atoms with Crippen LogP contribution in [0.1, 0.15) is 20.8 Å². The summed E-state index contributed by atoms with van der Waals surface area (Å²) in [4.78, 5) is 11.2. The number of rotatable bonds is 0. The van der Waals surface area contributed by atoms with Crippen LogP contribution in [0.25, 0.3) is 0 Å². The molecule has 1 aliphatic rings. The SMILES string of the molecule is C/C=C1\NC(=O)C(C)C1(C)C#N. The van der Waals surface area contributed by atoms with Crippen LogP contribution in [-0.4, -0.2) is 5.91 Å². The monoisotopic (exact) mass is 164 g/mol. The lowest BCUT2D eigenvalue weighted by molar-refractivity contribution is -0.122. The molecular weight excluding hydrogens is 152 g/mol. The lowest BCUT2D eigenvalue weighted by Gasteiger charge is -2.18. The first-order chi connectivity index (χ1) is 5.56. The van der Waals surface area contributed by atoms with Gasteiger partial charge in [0.05, 0.1) is 12.0 Å². The Labute approximate surface area is 72.1 Å². The van der Waals surface area contributed by atoms with Gasteiger partial charge in [-0.15, -0.1) is 0 Å². The maximum Gasteiger partial charge on any atom is 0.229 e. The van der Waals surface area contributed by atoms with Crippen molar-refractivity contribution in [2.24, 2.45) is 11.3 Å². The number of allylic oxidation sites excluding steroid dienone is 2. The Morgan fingerprint density at radius 2 is 2.33 bits per heavy atom. The predicted octanol–water partition coefficient (Wildman–Crippen LogP) is 1.19. The van der Waals surface area contributed by atoms with E-state index in [9.17, 15) is 4.79 Å². The number of carbonyl (C=O) groups excluding carboxylic acids is 1. The van der Waals surface area contributed by atoms with E-state index in [0.717, 1.165) is 5.70 Å². The lowest BCUT2D eigenvalue weighted by Crippen LogP contribution is -2.21. The topological polar surface area (TPSA) is 52.9 Å². The van der Waals surface area contributed by atoms with Crippen molar-refractivity contribution >= 4 is 5.91 Å². The summed E-state index contributed by atoms with van der Waals surface area (Å²) in [6, 6.07) is 2.17. The molecule has 1 N–H and O–H groups in total. The van der Waals surface area contributed by atoms with Crippen LogP contribution in [0.15, 0.2) is 11.8 Å². The molecule has 0 aromatic rings. The zero-order valence-electron chi connectivity index (χ0n) is 7.51. The van der Waals surface area contributed by atoms with Crippen LogP contribution in [-0.2, 0) is 4.79 Å². The average Bonchev–Trinajstić information content (AvgIpc) is 2.30. The van der Waals surface area contributed by atoms with E-state index < -0.39 is 5.41 Å². The second kappa shape index (κ2) is 2.63. The largest absolute Gasteiger partial charge is 0.328 e. The second-order valence-electron chi connectivity index (χ2n) is 3.23. The fourth-order valence-electron chi connectivity index (χ4n) is 1.40. The molecule has 3 heteroatoms. The van der Waals surface area contributed by atoms with Gasteiger partial charge in [0.25, 0.3) is 0 Å². The summed E-state index contributed by atoms with van der Waals surface area (Å²) in [5, 5.41) is 11.6.